The molecule has 1 aromatic rings. The molecule has 1 saturated heterocycles. The first-order valence-corrected chi connectivity index (χ1v) is 10.1. The van der Waals surface area contributed by atoms with Crippen LogP contribution in [0.1, 0.15) is 62.8 Å². The fraction of sp³-hybridized carbons (Fsp3) is 0.714. The Balaban J connectivity index is 1.27. The van der Waals surface area contributed by atoms with Crippen LogP contribution >= 0.6 is 0 Å². The van der Waals surface area contributed by atoms with E-state index in [0.717, 1.165) is 13.1 Å². The lowest BCUT2D eigenvalue weighted by atomic mass is 9.82. The molecule has 0 bridgehead atoms. The number of aliphatic hydroxyl groups excluding tert-OH is 1. The number of aliphatic hydroxyl groups is 1. The van der Waals surface area contributed by atoms with E-state index in [-0.39, 0.29) is 0 Å². The summed E-state index contributed by atoms with van der Waals surface area (Å²) < 4.78 is 0. The summed E-state index contributed by atoms with van der Waals surface area (Å²) in [7, 11) is 0. The molecular formula is C21H34N2O2. The van der Waals surface area contributed by atoms with Crippen molar-refractivity contribution in [3.8, 4) is 5.75 Å². The molecule has 1 heterocycles. The molecule has 140 valence electrons. The van der Waals surface area contributed by atoms with Crippen molar-refractivity contribution in [3.05, 3.63) is 29.8 Å². The van der Waals surface area contributed by atoms with E-state index in [2.05, 4.69) is 22.3 Å². The molecular weight excluding hydrogens is 312 g/mol. The third kappa shape index (κ3) is 5.44. The van der Waals surface area contributed by atoms with Gasteiger partial charge in [-0.15, -0.1) is 0 Å². The Morgan fingerprint density at radius 3 is 2.48 bits per heavy atom. The Labute approximate surface area is 152 Å². The van der Waals surface area contributed by atoms with Crippen LogP contribution in [0.2, 0.25) is 0 Å². The number of nitrogens with zero attached hydrogens (tertiary/aromatic N) is 1. The van der Waals surface area contributed by atoms with Gasteiger partial charge >= 0.3 is 0 Å². The number of benzene rings is 1. The Bertz CT molecular complexity index is 497. The fourth-order valence-electron chi connectivity index (χ4n) is 4.52. The second-order valence-corrected chi connectivity index (χ2v) is 7.82. The van der Waals surface area contributed by atoms with Gasteiger partial charge in [0.05, 0.1) is 6.61 Å². The number of rotatable bonds is 8. The molecule has 0 spiro atoms. The average molecular weight is 347 g/mol. The molecule has 3 N–H and O–H groups in total. The molecule has 1 atom stereocenters. The number of nitrogens with one attached hydrogen (secondary N) is 1. The number of aromatic hydroxyl groups is 1. The first-order chi connectivity index (χ1) is 12.3. The minimum Gasteiger partial charge on any atom is -0.508 e. The molecule has 1 aliphatic carbocycles. The number of hydrogen-bond donors (Lipinski definition) is 3. The van der Waals surface area contributed by atoms with Gasteiger partial charge in [-0.1, -0.05) is 12.1 Å². The Kier molecular flexibility index (Phi) is 7.14. The van der Waals surface area contributed by atoms with Crippen LogP contribution in [0.15, 0.2) is 24.3 Å². The van der Waals surface area contributed by atoms with Gasteiger partial charge in [-0.25, -0.2) is 0 Å². The van der Waals surface area contributed by atoms with Crippen LogP contribution in [-0.2, 0) is 0 Å². The summed E-state index contributed by atoms with van der Waals surface area (Å²) in [5.41, 5.74) is 1.38. The molecule has 0 aromatic heterocycles. The highest BCUT2D eigenvalue weighted by Crippen LogP contribution is 2.33. The van der Waals surface area contributed by atoms with E-state index in [1.54, 1.807) is 12.1 Å². The van der Waals surface area contributed by atoms with Gasteiger partial charge < -0.3 is 15.5 Å². The summed E-state index contributed by atoms with van der Waals surface area (Å²) in [5.74, 6) is 1.02. The normalized spacial score (nSPS) is 27.6. The van der Waals surface area contributed by atoms with Crippen molar-refractivity contribution in [1.29, 1.82) is 0 Å². The van der Waals surface area contributed by atoms with E-state index >= 15 is 0 Å². The van der Waals surface area contributed by atoms with Gasteiger partial charge in [-0.3, -0.25) is 4.90 Å². The lowest BCUT2D eigenvalue weighted by molar-refractivity contribution is 0.157. The number of phenolic OH excluding ortho intramolecular Hbond substituents is 1. The maximum atomic E-state index is 9.41. The first kappa shape index (κ1) is 18.7. The van der Waals surface area contributed by atoms with E-state index < -0.39 is 0 Å². The molecule has 0 amide bonds. The van der Waals surface area contributed by atoms with E-state index in [0.29, 0.717) is 30.4 Å². The van der Waals surface area contributed by atoms with Crippen LogP contribution in [0.4, 0.5) is 0 Å². The molecule has 4 heteroatoms. The summed E-state index contributed by atoms with van der Waals surface area (Å²) in [6.45, 7) is 3.75. The second-order valence-electron chi connectivity index (χ2n) is 7.82. The predicted molar refractivity (Wildman–Crippen MR) is 102 cm³/mol. The molecule has 0 radical (unpaired) electrons. The standard InChI is InChI=1S/C21H34N2O2/c24-16-20-4-3-15-23(20)14-2-1-13-22-19-9-5-17(6-10-19)18-7-11-21(25)12-8-18/h7-8,11-12,17,19-20,22,24-25H,1-6,9-10,13-16H2. The van der Waals surface area contributed by atoms with E-state index in [4.69, 9.17) is 0 Å². The van der Waals surface area contributed by atoms with Crippen LogP contribution < -0.4 is 5.32 Å². The van der Waals surface area contributed by atoms with Gasteiger partial charge in [0.2, 0.25) is 0 Å². The summed E-state index contributed by atoms with van der Waals surface area (Å²) >= 11 is 0. The summed E-state index contributed by atoms with van der Waals surface area (Å²) in [6, 6.07) is 8.86. The molecule has 2 aliphatic rings. The van der Waals surface area contributed by atoms with Crippen LogP contribution in [0, 0.1) is 0 Å². The topological polar surface area (TPSA) is 55.7 Å². The van der Waals surface area contributed by atoms with Crippen LogP contribution in [-0.4, -0.2) is 53.4 Å². The highest BCUT2D eigenvalue weighted by atomic mass is 16.3. The third-order valence-electron chi connectivity index (χ3n) is 6.11. The number of likely N-dealkylation sites (tertiary alicyclic amines) is 1. The first-order valence-electron chi connectivity index (χ1n) is 10.1. The fourth-order valence-corrected chi connectivity index (χ4v) is 4.52. The van der Waals surface area contributed by atoms with E-state index in [9.17, 15) is 10.2 Å². The molecule has 3 rings (SSSR count). The molecule has 1 aliphatic heterocycles. The van der Waals surface area contributed by atoms with Crippen molar-refractivity contribution < 1.29 is 10.2 Å². The maximum absolute atomic E-state index is 9.41. The van der Waals surface area contributed by atoms with Gasteiger partial charge in [0.15, 0.2) is 0 Å². The summed E-state index contributed by atoms with van der Waals surface area (Å²) in [6.07, 6.45) is 9.86. The summed E-state index contributed by atoms with van der Waals surface area (Å²) in [5, 5.41) is 22.5. The molecule has 2 fully saturated rings. The third-order valence-corrected chi connectivity index (χ3v) is 6.11. The largest absolute Gasteiger partial charge is 0.508 e. The molecule has 1 unspecified atom stereocenters. The molecule has 1 aromatic carbocycles. The van der Waals surface area contributed by atoms with Crippen LogP contribution in [0.5, 0.6) is 5.75 Å². The highest BCUT2D eigenvalue weighted by molar-refractivity contribution is 5.28. The van der Waals surface area contributed by atoms with Gasteiger partial charge in [0.25, 0.3) is 0 Å². The number of phenols is 1. The van der Waals surface area contributed by atoms with Crippen molar-refractivity contribution in [2.75, 3.05) is 26.2 Å². The van der Waals surface area contributed by atoms with Crippen LogP contribution in [0.25, 0.3) is 0 Å². The zero-order valence-electron chi connectivity index (χ0n) is 15.4. The Hall–Kier alpha value is -1.10. The smallest absolute Gasteiger partial charge is 0.115 e. The predicted octanol–water partition coefficient (Wildman–Crippen LogP) is 3.24. The zero-order chi connectivity index (χ0) is 17.5. The molecule has 25 heavy (non-hydrogen) atoms. The summed E-state index contributed by atoms with van der Waals surface area (Å²) in [4.78, 5) is 2.46. The SMILES string of the molecule is OCC1CCCN1CCCCNC1CCC(c2ccc(O)cc2)CC1. The van der Waals surface area contributed by atoms with E-state index in [1.807, 2.05) is 0 Å². The molecule has 1 saturated carbocycles. The minimum absolute atomic E-state index is 0.322. The quantitative estimate of drug-likeness (QED) is 0.633. The van der Waals surface area contributed by atoms with Gasteiger partial charge in [0, 0.05) is 12.1 Å². The zero-order valence-corrected chi connectivity index (χ0v) is 15.4. The monoisotopic (exact) mass is 346 g/mol. The highest BCUT2D eigenvalue weighted by Gasteiger charge is 2.23. The van der Waals surface area contributed by atoms with E-state index in [1.165, 1.54) is 63.5 Å². The Morgan fingerprint density at radius 2 is 1.76 bits per heavy atom. The van der Waals surface area contributed by atoms with Crippen molar-refractivity contribution in [3.63, 3.8) is 0 Å². The maximum Gasteiger partial charge on any atom is 0.115 e. The van der Waals surface area contributed by atoms with Gasteiger partial charge in [-0.05, 0) is 94.6 Å². The van der Waals surface area contributed by atoms with Crippen molar-refractivity contribution in [1.82, 2.24) is 10.2 Å². The number of unbranched alkanes of at least 4 members (excludes halogenated alkanes) is 1. The van der Waals surface area contributed by atoms with Crippen LogP contribution in [0.3, 0.4) is 0 Å². The Morgan fingerprint density at radius 1 is 1.00 bits per heavy atom. The van der Waals surface area contributed by atoms with Crippen molar-refractivity contribution in [2.45, 2.75) is 69.4 Å². The second kappa shape index (κ2) is 9.56. The van der Waals surface area contributed by atoms with Gasteiger partial charge in [0.1, 0.15) is 5.75 Å². The van der Waals surface area contributed by atoms with Crippen molar-refractivity contribution in [2.24, 2.45) is 0 Å². The number of hydrogen-bond acceptors (Lipinski definition) is 4. The molecule has 4 nitrogen and oxygen atoms in total. The minimum atomic E-state index is 0.322. The average Bonchev–Trinajstić information content (AvgIpc) is 3.10. The lowest BCUT2D eigenvalue weighted by Crippen LogP contribution is -2.35. The van der Waals surface area contributed by atoms with Gasteiger partial charge in [-0.2, -0.15) is 0 Å². The lowest BCUT2D eigenvalue weighted by Gasteiger charge is -2.29. The van der Waals surface area contributed by atoms with Crippen molar-refractivity contribution >= 4 is 0 Å².